The minimum Gasteiger partial charge on any atom is -0.493 e. The first-order valence-electron chi connectivity index (χ1n) is 7.39. The van der Waals surface area contributed by atoms with Crippen molar-refractivity contribution in [1.82, 2.24) is 0 Å². The quantitative estimate of drug-likeness (QED) is 0.759. The molecule has 2 aromatic carbocycles. The molecule has 0 bridgehead atoms. The first-order chi connectivity index (χ1) is 10.3. The first kappa shape index (κ1) is 15.1. The van der Waals surface area contributed by atoms with E-state index in [1.54, 1.807) is 6.07 Å². The molecule has 3 heteroatoms. The molecule has 0 saturated carbocycles. The predicted octanol–water partition coefficient (Wildman–Crippen LogP) is 4.51. The molecule has 0 aliphatic rings. The number of amides is 1. The van der Waals surface area contributed by atoms with Crippen molar-refractivity contribution in [1.29, 1.82) is 0 Å². The molecule has 21 heavy (non-hydrogen) atoms. The molecule has 0 saturated heterocycles. The van der Waals surface area contributed by atoms with Gasteiger partial charge < -0.3 is 10.1 Å². The monoisotopic (exact) mass is 283 g/mol. The van der Waals surface area contributed by atoms with Crippen molar-refractivity contribution in [3.8, 4) is 5.75 Å². The molecule has 3 nitrogen and oxygen atoms in total. The molecule has 0 aromatic heterocycles. The van der Waals surface area contributed by atoms with Crippen LogP contribution in [0.5, 0.6) is 5.75 Å². The van der Waals surface area contributed by atoms with E-state index in [0.29, 0.717) is 17.9 Å². The van der Waals surface area contributed by atoms with Gasteiger partial charge in [-0.2, -0.15) is 0 Å². The van der Waals surface area contributed by atoms with Crippen LogP contribution >= 0.6 is 0 Å². The molecule has 0 fully saturated rings. The second kappa shape index (κ2) is 8.10. The van der Waals surface area contributed by atoms with E-state index >= 15 is 0 Å². The van der Waals surface area contributed by atoms with Crippen LogP contribution in [0.1, 0.15) is 36.5 Å². The Balaban J connectivity index is 2.03. The van der Waals surface area contributed by atoms with Gasteiger partial charge in [0.15, 0.2) is 0 Å². The Morgan fingerprint density at radius 2 is 1.71 bits per heavy atom. The van der Waals surface area contributed by atoms with Gasteiger partial charge in [-0.3, -0.25) is 4.79 Å². The van der Waals surface area contributed by atoms with Gasteiger partial charge in [0.2, 0.25) is 0 Å². The Morgan fingerprint density at radius 3 is 2.48 bits per heavy atom. The zero-order chi connectivity index (χ0) is 14.9. The highest BCUT2D eigenvalue weighted by atomic mass is 16.5. The van der Waals surface area contributed by atoms with Crippen LogP contribution in [0.4, 0.5) is 5.69 Å². The number of rotatable bonds is 7. The van der Waals surface area contributed by atoms with Gasteiger partial charge in [-0.1, -0.05) is 50.1 Å². The summed E-state index contributed by atoms with van der Waals surface area (Å²) in [6.45, 7) is 2.80. The van der Waals surface area contributed by atoms with Crippen molar-refractivity contribution in [2.75, 3.05) is 11.9 Å². The van der Waals surface area contributed by atoms with E-state index in [4.69, 9.17) is 4.74 Å². The maximum Gasteiger partial charge on any atom is 0.259 e. The minimum absolute atomic E-state index is 0.146. The summed E-state index contributed by atoms with van der Waals surface area (Å²) in [7, 11) is 0. The summed E-state index contributed by atoms with van der Waals surface area (Å²) in [4.78, 5) is 12.3. The summed E-state index contributed by atoms with van der Waals surface area (Å²) in [5, 5.41) is 2.88. The number of unbranched alkanes of at least 4 members (excludes halogenated alkanes) is 2. The fourth-order valence-electron chi connectivity index (χ4n) is 2.03. The Hall–Kier alpha value is -2.29. The van der Waals surface area contributed by atoms with Crippen molar-refractivity contribution in [3.63, 3.8) is 0 Å². The summed E-state index contributed by atoms with van der Waals surface area (Å²) in [6, 6.07) is 16.8. The summed E-state index contributed by atoms with van der Waals surface area (Å²) in [5.74, 6) is 0.495. The molecule has 2 aromatic rings. The zero-order valence-corrected chi connectivity index (χ0v) is 12.3. The van der Waals surface area contributed by atoms with Gasteiger partial charge in [0.1, 0.15) is 5.75 Å². The molecular weight excluding hydrogens is 262 g/mol. The van der Waals surface area contributed by atoms with Crippen molar-refractivity contribution in [2.45, 2.75) is 26.2 Å². The van der Waals surface area contributed by atoms with Crippen LogP contribution in [0.2, 0.25) is 0 Å². The van der Waals surface area contributed by atoms with Crippen molar-refractivity contribution in [3.05, 3.63) is 60.2 Å². The molecule has 0 radical (unpaired) electrons. The minimum atomic E-state index is -0.146. The highest BCUT2D eigenvalue weighted by Gasteiger charge is 2.12. The summed E-state index contributed by atoms with van der Waals surface area (Å²) in [6.07, 6.45) is 3.29. The molecule has 0 aliphatic carbocycles. The van der Waals surface area contributed by atoms with Gasteiger partial charge >= 0.3 is 0 Å². The number of nitrogens with one attached hydrogen (secondary N) is 1. The van der Waals surface area contributed by atoms with Crippen LogP contribution in [0.25, 0.3) is 0 Å². The molecule has 0 unspecified atom stereocenters. The lowest BCUT2D eigenvalue weighted by Crippen LogP contribution is -2.13. The number of carbonyl (C=O) groups excluding carboxylic acids is 1. The Kier molecular flexibility index (Phi) is 5.83. The SMILES string of the molecule is CCCCCOc1ccccc1C(=O)Nc1ccccc1. The van der Waals surface area contributed by atoms with E-state index < -0.39 is 0 Å². The maximum atomic E-state index is 12.3. The number of hydrogen-bond donors (Lipinski definition) is 1. The molecule has 0 aliphatic heterocycles. The van der Waals surface area contributed by atoms with E-state index in [0.717, 1.165) is 24.9 Å². The lowest BCUT2D eigenvalue weighted by atomic mass is 10.2. The third kappa shape index (κ3) is 4.63. The largest absolute Gasteiger partial charge is 0.493 e. The Morgan fingerprint density at radius 1 is 1.00 bits per heavy atom. The van der Waals surface area contributed by atoms with Crippen LogP contribution in [0.3, 0.4) is 0 Å². The molecule has 0 heterocycles. The van der Waals surface area contributed by atoms with Gasteiger partial charge in [-0.25, -0.2) is 0 Å². The van der Waals surface area contributed by atoms with Gasteiger partial charge in [0.25, 0.3) is 5.91 Å². The third-order valence-electron chi connectivity index (χ3n) is 3.17. The van der Waals surface area contributed by atoms with Gasteiger partial charge in [0.05, 0.1) is 12.2 Å². The van der Waals surface area contributed by atoms with Gasteiger partial charge in [-0.15, -0.1) is 0 Å². The van der Waals surface area contributed by atoms with Crippen molar-refractivity contribution >= 4 is 11.6 Å². The van der Waals surface area contributed by atoms with Crippen LogP contribution in [-0.2, 0) is 0 Å². The molecule has 0 spiro atoms. The Bertz CT molecular complexity index is 566. The topological polar surface area (TPSA) is 38.3 Å². The first-order valence-corrected chi connectivity index (χ1v) is 7.39. The van der Waals surface area contributed by atoms with E-state index in [1.807, 2.05) is 48.5 Å². The number of benzene rings is 2. The second-order valence-corrected chi connectivity index (χ2v) is 4.87. The number of para-hydroxylation sites is 2. The second-order valence-electron chi connectivity index (χ2n) is 4.87. The van der Waals surface area contributed by atoms with Crippen LogP contribution in [0.15, 0.2) is 54.6 Å². The van der Waals surface area contributed by atoms with Gasteiger partial charge in [-0.05, 0) is 30.7 Å². The number of ether oxygens (including phenoxy) is 1. The fraction of sp³-hybridized carbons (Fsp3) is 0.278. The summed E-state index contributed by atoms with van der Waals surface area (Å²) >= 11 is 0. The number of carbonyl (C=O) groups is 1. The average molecular weight is 283 g/mol. The number of hydrogen-bond acceptors (Lipinski definition) is 2. The Labute approximate surface area is 126 Å². The number of anilines is 1. The maximum absolute atomic E-state index is 12.3. The predicted molar refractivity (Wildman–Crippen MR) is 85.9 cm³/mol. The van der Waals surface area contributed by atoms with Gasteiger partial charge in [0, 0.05) is 5.69 Å². The molecule has 2 rings (SSSR count). The lowest BCUT2D eigenvalue weighted by molar-refractivity contribution is 0.102. The highest BCUT2D eigenvalue weighted by Crippen LogP contribution is 2.20. The normalized spacial score (nSPS) is 10.1. The van der Waals surface area contributed by atoms with Crippen molar-refractivity contribution < 1.29 is 9.53 Å². The molecule has 1 amide bonds. The molecule has 110 valence electrons. The van der Waals surface area contributed by atoms with E-state index in [2.05, 4.69) is 12.2 Å². The van der Waals surface area contributed by atoms with E-state index in [1.165, 1.54) is 0 Å². The van der Waals surface area contributed by atoms with E-state index in [9.17, 15) is 4.79 Å². The van der Waals surface area contributed by atoms with E-state index in [-0.39, 0.29) is 5.91 Å². The van der Waals surface area contributed by atoms with Crippen LogP contribution in [0, 0.1) is 0 Å². The van der Waals surface area contributed by atoms with Crippen molar-refractivity contribution in [2.24, 2.45) is 0 Å². The zero-order valence-electron chi connectivity index (χ0n) is 12.3. The highest BCUT2D eigenvalue weighted by molar-refractivity contribution is 6.06. The van der Waals surface area contributed by atoms with Crippen LogP contribution < -0.4 is 10.1 Å². The summed E-state index contributed by atoms with van der Waals surface area (Å²) < 4.78 is 5.74. The third-order valence-corrected chi connectivity index (χ3v) is 3.17. The fourth-order valence-corrected chi connectivity index (χ4v) is 2.03. The average Bonchev–Trinajstić information content (AvgIpc) is 2.53. The summed E-state index contributed by atoms with van der Waals surface area (Å²) in [5.41, 5.74) is 1.35. The lowest BCUT2D eigenvalue weighted by Gasteiger charge is -2.11. The molecule has 0 atom stereocenters. The standard InChI is InChI=1S/C18H21NO2/c1-2-3-9-14-21-17-13-8-7-12-16(17)18(20)19-15-10-5-4-6-11-15/h4-8,10-13H,2-3,9,14H2,1H3,(H,19,20). The smallest absolute Gasteiger partial charge is 0.259 e. The molecule has 1 N–H and O–H groups in total. The molecular formula is C18H21NO2. The van der Waals surface area contributed by atoms with Crippen LogP contribution in [-0.4, -0.2) is 12.5 Å².